The molecule has 1 fully saturated rings. The van der Waals surface area contributed by atoms with Crippen molar-refractivity contribution in [2.75, 3.05) is 18.4 Å². The Morgan fingerprint density at radius 2 is 2.37 bits per heavy atom. The zero-order valence-electron chi connectivity index (χ0n) is 14.7. The van der Waals surface area contributed by atoms with Gasteiger partial charge in [0.1, 0.15) is 24.0 Å². The van der Waals surface area contributed by atoms with E-state index in [-0.39, 0.29) is 11.8 Å². The molecule has 27 heavy (non-hydrogen) atoms. The molecule has 0 unspecified atom stereocenters. The summed E-state index contributed by atoms with van der Waals surface area (Å²) in [5.74, 6) is 0.457. The average molecular weight is 370 g/mol. The highest BCUT2D eigenvalue weighted by Gasteiger charge is 2.28. The molecule has 4 heterocycles. The Morgan fingerprint density at radius 3 is 3.11 bits per heavy atom. The molecule has 1 aliphatic heterocycles. The van der Waals surface area contributed by atoms with Crippen molar-refractivity contribution in [2.45, 2.75) is 32.2 Å². The standard InChI is InChI=1S/C17H19FN8O/c1-2-26-9-11(7-22-26)23-17-24-15-14(10(5-19)6-21-15)16(25-17)27-13-8-20-4-3-12(13)18/h6-7,9,12-13,20H,2-4,8H2,1H3,(H2,21,23,24,25)/t12-,13-/m1/s1. The fourth-order valence-electron chi connectivity index (χ4n) is 3.02. The Hall–Kier alpha value is -3.19. The Balaban J connectivity index is 1.70. The van der Waals surface area contributed by atoms with E-state index in [2.05, 4.69) is 36.8 Å². The Labute approximate surface area is 154 Å². The molecule has 4 rings (SSSR count). The maximum Gasteiger partial charge on any atom is 0.232 e. The lowest BCUT2D eigenvalue weighted by Gasteiger charge is -2.27. The van der Waals surface area contributed by atoms with Crippen LogP contribution >= 0.6 is 0 Å². The molecule has 0 aromatic carbocycles. The van der Waals surface area contributed by atoms with Crippen LogP contribution < -0.4 is 15.4 Å². The molecule has 0 bridgehead atoms. The molecule has 1 saturated heterocycles. The van der Waals surface area contributed by atoms with Crippen molar-refractivity contribution >= 4 is 22.7 Å². The second-order valence-electron chi connectivity index (χ2n) is 6.26. The van der Waals surface area contributed by atoms with E-state index in [9.17, 15) is 9.65 Å². The van der Waals surface area contributed by atoms with E-state index in [1.54, 1.807) is 10.9 Å². The lowest BCUT2D eigenvalue weighted by Crippen LogP contribution is -2.45. The van der Waals surface area contributed by atoms with Crippen molar-refractivity contribution in [3.8, 4) is 11.9 Å². The first kappa shape index (κ1) is 17.2. The predicted molar refractivity (Wildman–Crippen MR) is 96.6 cm³/mol. The maximum atomic E-state index is 14.2. The van der Waals surface area contributed by atoms with E-state index in [4.69, 9.17) is 4.74 Å². The van der Waals surface area contributed by atoms with Crippen molar-refractivity contribution in [3.05, 3.63) is 24.2 Å². The molecule has 140 valence electrons. The minimum atomic E-state index is -1.10. The summed E-state index contributed by atoms with van der Waals surface area (Å²) in [5, 5.41) is 20.2. The summed E-state index contributed by atoms with van der Waals surface area (Å²) in [6.07, 6.45) is 3.63. The van der Waals surface area contributed by atoms with Gasteiger partial charge in [-0.05, 0) is 19.9 Å². The van der Waals surface area contributed by atoms with Crippen molar-refractivity contribution in [1.82, 2.24) is 30.0 Å². The Bertz CT molecular complexity index is 991. The highest BCUT2D eigenvalue weighted by atomic mass is 19.1. The summed E-state index contributed by atoms with van der Waals surface area (Å²) in [5.41, 5.74) is 1.52. The molecule has 3 N–H and O–H groups in total. The van der Waals surface area contributed by atoms with Crippen molar-refractivity contribution in [3.63, 3.8) is 0 Å². The van der Waals surface area contributed by atoms with Crippen molar-refractivity contribution in [1.29, 1.82) is 5.26 Å². The second-order valence-corrected chi connectivity index (χ2v) is 6.26. The van der Waals surface area contributed by atoms with Crippen molar-refractivity contribution < 1.29 is 9.13 Å². The summed E-state index contributed by atoms with van der Waals surface area (Å²) >= 11 is 0. The van der Waals surface area contributed by atoms with E-state index in [0.29, 0.717) is 36.1 Å². The molecule has 3 aromatic rings. The average Bonchev–Trinajstić information content (AvgIpc) is 3.30. The number of ether oxygens (including phenoxy) is 1. The van der Waals surface area contributed by atoms with Gasteiger partial charge in [-0.15, -0.1) is 0 Å². The number of hydrogen-bond acceptors (Lipinski definition) is 7. The van der Waals surface area contributed by atoms with Crippen LogP contribution in [0.1, 0.15) is 18.9 Å². The number of hydrogen-bond donors (Lipinski definition) is 3. The van der Waals surface area contributed by atoms with Crippen LogP contribution in [0.3, 0.4) is 0 Å². The predicted octanol–water partition coefficient (Wildman–Crippen LogP) is 1.87. The fraction of sp³-hybridized carbons (Fsp3) is 0.412. The van der Waals surface area contributed by atoms with E-state index in [0.717, 1.165) is 12.2 Å². The van der Waals surface area contributed by atoms with E-state index in [1.807, 2.05) is 13.1 Å². The van der Waals surface area contributed by atoms with Gasteiger partial charge in [0.25, 0.3) is 0 Å². The molecule has 2 atom stereocenters. The molecular weight excluding hydrogens is 351 g/mol. The number of H-pyrrole nitrogens is 1. The van der Waals surface area contributed by atoms with Crippen molar-refractivity contribution in [2.24, 2.45) is 0 Å². The smallest absolute Gasteiger partial charge is 0.232 e. The Kier molecular flexibility index (Phi) is 4.60. The molecule has 0 amide bonds. The zero-order chi connectivity index (χ0) is 18.8. The molecule has 0 saturated carbocycles. The number of alkyl halides is 1. The summed E-state index contributed by atoms with van der Waals surface area (Å²) < 4.78 is 21.9. The number of rotatable bonds is 5. The summed E-state index contributed by atoms with van der Waals surface area (Å²) in [4.78, 5) is 11.7. The summed E-state index contributed by atoms with van der Waals surface area (Å²) in [7, 11) is 0. The fourth-order valence-corrected chi connectivity index (χ4v) is 3.02. The van der Waals surface area contributed by atoms with Gasteiger partial charge in [-0.1, -0.05) is 0 Å². The zero-order valence-corrected chi connectivity index (χ0v) is 14.7. The number of aromatic amines is 1. The van der Waals surface area contributed by atoms with Gasteiger partial charge >= 0.3 is 0 Å². The van der Waals surface area contributed by atoms with Crippen LogP contribution in [0.25, 0.3) is 11.0 Å². The number of aryl methyl sites for hydroxylation is 1. The summed E-state index contributed by atoms with van der Waals surface area (Å²) in [6, 6.07) is 2.08. The first-order valence-corrected chi connectivity index (χ1v) is 8.78. The minimum absolute atomic E-state index is 0.180. The number of fused-ring (bicyclic) bond motifs is 1. The van der Waals surface area contributed by atoms with Gasteiger partial charge in [0.05, 0.1) is 22.8 Å². The largest absolute Gasteiger partial charge is 0.469 e. The number of aromatic nitrogens is 5. The van der Waals surface area contributed by atoms with Crippen LogP contribution in [-0.4, -0.2) is 50.1 Å². The third-order valence-corrected chi connectivity index (χ3v) is 4.44. The van der Waals surface area contributed by atoms with Crippen LogP contribution in [0.5, 0.6) is 5.88 Å². The molecule has 1 aliphatic rings. The molecule has 0 radical (unpaired) electrons. The number of nitrogens with zero attached hydrogens (tertiary/aromatic N) is 5. The topological polar surface area (TPSA) is 116 Å². The first-order valence-electron chi connectivity index (χ1n) is 8.78. The first-order chi connectivity index (χ1) is 13.2. The van der Waals surface area contributed by atoms with Crippen LogP contribution in [0.15, 0.2) is 18.6 Å². The minimum Gasteiger partial charge on any atom is -0.469 e. The van der Waals surface area contributed by atoms with Gasteiger partial charge in [-0.25, -0.2) is 4.39 Å². The lowest BCUT2D eigenvalue weighted by atomic mass is 10.1. The van der Waals surface area contributed by atoms with Crippen LogP contribution in [0.4, 0.5) is 16.0 Å². The molecule has 0 aliphatic carbocycles. The number of nitriles is 1. The lowest BCUT2D eigenvalue weighted by molar-refractivity contribution is 0.0722. The highest BCUT2D eigenvalue weighted by Crippen LogP contribution is 2.30. The summed E-state index contributed by atoms with van der Waals surface area (Å²) in [6.45, 7) is 3.72. The number of piperidine rings is 1. The normalized spacial score (nSPS) is 19.7. The van der Waals surface area contributed by atoms with Gasteiger partial charge in [0.2, 0.25) is 11.8 Å². The molecule has 9 nitrogen and oxygen atoms in total. The molecule has 10 heteroatoms. The highest BCUT2D eigenvalue weighted by molar-refractivity contribution is 5.88. The number of nitrogens with one attached hydrogen (secondary N) is 3. The van der Waals surface area contributed by atoms with Crippen LogP contribution in [0.2, 0.25) is 0 Å². The third kappa shape index (κ3) is 3.41. The van der Waals surface area contributed by atoms with E-state index in [1.165, 1.54) is 6.20 Å². The van der Waals surface area contributed by atoms with Gasteiger partial charge in [-0.3, -0.25) is 4.68 Å². The van der Waals surface area contributed by atoms with Crippen LogP contribution in [0, 0.1) is 11.3 Å². The number of anilines is 2. The Morgan fingerprint density at radius 1 is 1.48 bits per heavy atom. The van der Waals surface area contributed by atoms with Gasteiger partial charge in [0, 0.05) is 25.5 Å². The van der Waals surface area contributed by atoms with Gasteiger partial charge in [-0.2, -0.15) is 20.3 Å². The molecule has 0 spiro atoms. The molecular formula is C17H19FN8O. The van der Waals surface area contributed by atoms with Gasteiger partial charge in [0.15, 0.2) is 0 Å². The number of halogens is 1. The molecule has 3 aromatic heterocycles. The second kappa shape index (κ2) is 7.20. The SMILES string of the molecule is CCn1cc(Nc2nc(O[C@@H]3CNCC[C@H]3F)c3c(C#N)c[nH]c3n2)cn1. The maximum absolute atomic E-state index is 14.2. The quantitative estimate of drug-likeness (QED) is 0.628. The van der Waals surface area contributed by atoms with E-state index >= 15 is 0 Å². The van der Waals surface area contributed by atoms with Crippen LogP contribution in [-0.2, 0) is 6.54 Å². The third-order valence-electron chi connectivity index (χ3n) is 4.44. The van der Waals surface area contributed by atoms with Gasteiger partial charge < -0.3 is 20.4 Å². The monoisotopic (exact) mass is 370 g/mol. The van der Waals surface area contributed by atoms with E-state index < -0.39 is 12.3 Å².